The molecule has 0 saturated heterocycles. The summed E-state index contributed by atoms with van der Waals surface area (Å²) in [5.74, 6) is 0.260. The molecule has 0 aromatic rings. The Morgan fingerprint density at radius 3 is 2.67 bits per heavy atom. The number of ketones is 1. The highest BCUT2D eigenvalue weighted by atomic mass is 16.3. The smallest absolute Gasteiger partial charge is 0.152 e. The summed E-state index contributed by atoms with van der Waals surface area (Å²) >= 11 is 0. The van der Waals surface area contributed by atoms with E-state index in [9.17, 15) is 15.0 Å². The number of fused-ring (bicyclic) bond motifs is 1. The molecule has 0 radical (unpaired) electrons. The van der Waals surface area contributed by atoms with Crippen LogP contribution in [0.3, 0.4) is 0 Å². The monoisotopic (exact) mass is 292 g/mol. The largest absolute Gasteiger partial charge is 0.396 e. The van der Waals surface area contributed by atoms with Crippen LogP contribution in [0.25, 0.3) is 0 Å². The molecule has 0 aromatic carbocycles. The third-order valence-corrected chi connectivity index (χ3v) is 5.98. The summed E-state index contributed by atoms with van der Waals surface area (Å²) in [7, 11) is 0. The van der Waals surface area contributed by atoms with E-state index < -0.39 is 6.10 Å². The highest BCUT2D eigenvalue weighted by Crippen LogP contribution is 2.61. The maximum Gasteiger partial charge on any atom is 0.152 e. The fourth-order valence-electron chi connectivity index (χ4n) is 4.71. The zero-order valence-corrected chi connectivity index (χ0v) is 13.4. The Labute approximate surface area is 127 Å². The standard InChI is InChI=1S/C18H28O3/c1-12(20)6-7-14-13(2)15(21)10-16-17(3,11-19)8-5-9-18(14,16)4/h6-7,14-16,19,21H,2,5,8-11H2,1,3-4H3. The van der Waals surface area contributed by atoms with E-state index in [1.54, 1.807) is 6.08 Å². The number of rotatable bonds is 3. The molecule has 0 amide bonds. The quantitative estimate of drug-likeness (QED) is 0.621. The molecule has 2 fully saturated rings. The lowest BCUT2D eigenvalue weighted by Gasteiger charge is -2.58. The number of aliphatic hydroxyl groups is 2. The number of allylic oxidation sites excluding steroid dienone is 2. The van der Waals surface area contributed by atoms with Gasteiger partial charge in [0.1, 0.15) is 0 Å². The van der Waals surface area contributed by atoms with Gasteiger partial charge in [0, 0.05) is 12.5 Å². The minimum absolute atomic E-state index is 0.00123. The molecule has 0 bridgehead atoms. The Bertz CT molecular complexity index is 467. The van der Waals surface area contributed by atoms with Gasteiger partial charge in [0.2, 0.25) is 0 Å². The minimum atomic E-state index is -0.548. The first-order valence-electron chi connectivity index (χ1n) is 7.91. The second-order valence-electron chi connectivity index (χ2n) is 7.50. The van der Waals surface area contributed by atoms with Crippen molar-refractivity contribution in [1.29, 1.82) is 0 Å². The third-order valence-electron chi connectivity index (χ3n) is 5.98. The van der Waals surface area contributed by atoms with E-state index in [0.29, 0.717) is 6.42 Å². The van der Waals surface area contributed by atoms with Crippen LogP contribution < -0.4 is 0 Å². The molecule has 2 saturated carbocycles. The number of carbonyl (C=O) groups is 1. The van der Waals surface area contributed by atoms with Crippen molar-refractivity contribution >= 4 is 5.78 Å². The lowest BCUT2D eigenvalue weighted by molar-refractivity contribution is -0.112. The summed E-state index contributed by atoms with van der Waals surface area (Å²) in [6, 6.07) is 0. The number of carbonyl (C=O) groups excluding carboxylic acids is 1. The molecule has 5 unspecified atom stereocenters. The van der Waals surface area contributed by atoms with Crippen molar-refractivity contribution < 1.29 is 15.0 Å². The Hall–Kier alpha value is -0.930. The van der Waals surface area contributed by atoms with Crippen molar-refractivity contribution in [3.05, 3.63) is 24.3 Å². The zero-order chi connectivity index (χ0) is 15.8. The SMILES string of the molecule is C=C1C(O)CC2C(C)(CO)CCCC2(C)C1C=CC(C)=O. The maximum absolute atomic E-state index is 11.3. The zero-order valence-electron chi connectivity index (χ0n) is 13.4. The molecule has 118 valence electrons. The minimum Gasteiger partial charge on any atom is -0.396 e. The molecule has 2 aliphatic rings. The van der Waals surface area contributed by atoms with Crippen LogP contribution in [-0.2, 0) is 4.79 Å². The summed E-state index contributed by atoms with van der Waals surface area (Å²) in [5, 5.41) is 20.3. The Morgan fingerprint density at radius 1 is 1.43 bits per heavy atom. The molecule has 21 heavy (non-hydrogen) atoms. The third kappa shape index (κ3) is 2.74. The van der Waals surface area contributed by atoms with Gasteiger partial charge in [-0.1, -0.05) is 32.9 Å². The van der Waals surface area contributed by atoms with Gasteiger partial charge in [-0.15, -0.1) is 0 Å². The number of aliphatic hydroxyl groups excluding tert-OH is 2. The average molecular weight is 292 g/mol. The predicted molar refractivity (Wildman–Crippen MR) is 83.7 cm³/mol. The van der Waals surface area contributed by atoms with Gasteiger partial charge in [0.05, 0.1) is 6.10 Å². The van der Waals surface area contributed by atoms with Crippen LogP contribution in [0.5, 0.6) is 0 Å². The van der Waals surface area contributed by atoms with Gasteiger partial charge in [-0.3, -0.25) is 4.79 Å². The molecule has 5 atom stereocenters. The van der Waals surface area contributed by atoms with Crippen LogP contribution in [-0.4, -0.2) is 28.7 Å². The van der Waals surface area contributed by atoms with Crippen LogP contribution in [0, 0.1) is 22.7 Å². The summed E-state index contributed by atoms with van der Waals surface area (Å²) in [4.78, 5) is 11.3. The van der Waals surface area contributed by atoms with E-state index in [1.165, 1.54) is 6.92 Å². The van der Waals surface area contributed by atoms with Gasteiger partial charge >= 0.3 is 0 Å². The first-order valence-corrected chi connectivity index (χ1v) is 7.91. The Kier molecular flexibility index (Phi) is 4.46. The molecule has 0 heterocycles. The van der Waals surface area contributed by atoms with E-state index in [1.807, 2.05) is 6.08 Å². The van der Waals surface area contributed by atoms with Gasteiger partial charge in [-0.05, 0) is 54.6 Å². The summed E-state index contributed by atoms with van der Waals surface area (Å²) < 4.78 is 0. The molecule has 3 nitrogen and oxygen atoms in total. The fourth-order valence-corrected chi connectivity index (χ4v) is 4.71. The second-order valence-corrected chi connectivity index (χ2v) is 7.50. The van der Waals surface area contributed by atoms with Crippen molar-refractivity contribution in [2.75, 3.05) is 6.61 Å². The molecule has 0 aliphatic heterocycles. The molecular formula is C18H28O3. The lowest BCUT2D eigenvalue weighted by atomic mass is 9.47. The summed E-state index contributed by atoms with van der Waals surface area (Å²) in [5.41, 5.74) is 0.614. The van der Waals surface area contributed by atoms with Gasteiger partial charge in [-0.25, -0.2) is 0 Å². The van der Waals surface area contributed by atoms with Gasteiger partial charge in [0.25, 0.3) is 0 Å². The molecule has 2 rings (SSSR count). The molecule has 3 heteroatoms. The normalized spacial score (nSPS) is 43.9. The summed E-state index contributed by atoms with van der Waals surface area (Å²) in [6.07, 6.45) is 6.74. The predicted octanol–water partition coefficient (Wildman–Crippen LogP) is 2.87. The first-order chi connectivity index (χ1) is 9.74. The Balaban J connectivity index is 2.43. The van der Waals surface area contributed by atoms with E-state index in [2.05, 4.69) is 20.4 Å². The van der Waals surface area contributed by atoms with Gasteiger partial charge < -0.3 is 10.2 Å². The molecule has 2 aliphatic carbocycles. The van der Waals surface area contributed by atoms with Crippen molar-refractivity contribution in [2.24, 2.45) is 22.7 Å². The van der Waals surface area contributed by atoms with E-state index in [-0.39, 0.29) is 35.1 Å². The first kappa shape index (κ1) is 16.4. The van der Waals surface area contributed by atoms with E-state index >= 15 is 0 Å². The maximum atomic E-state index is 11.3. The van der Waals surface area contributed by atoms with Crippen molar-refractivity contribution in [3.8, 4) is 0 Å². The lowest BCUT2D eigenvalue weighted by Crippen LogP contribution is -2.54. The van der Waals surface area contributed by atoms with Gasteiger partial charge in [0.15, 0.2) is 5.78 Å². The fraction of sp³-hybridized carbons (Fsp3) is 0.722. The molecule has 0 spiro atoms. The molecule has 0 aromatic heterocycles. The van der Waals surface area contributed by atoms with Crippen molar-refractivity contribution in [2.45, 2.75) is 52.6 Å². The molecule has 2 N–H and O–H groups in total. The van der Waals surface area contributed by atoms with Crippen molar-refractivity contribution in [1.82, 2.24) is 0 Å². The van der Waals surface area contributed by atoms with Crippen LogP contribution >= 0.6 is 0 Å². The Morgan fingerprint density at radius 2 is 2.10 bits per heavy atom. The number of hydrogen-bond acceptors (Lipinski definition) is 3. The molecular weight excluding hydrogens is 264 g/mol. The van der Waals surface area contributed by atoms with Crippen LogP contribution in [0.4, 0.5) is 0 Å². The van der Waals surface area contributed by atoms with Crippen molar-refractivity contribution in [3.63, 3.8) is 0 Å². The topological polar surface area (TPSA) is 57.5 Å². The summed E-state index contributed by atoms with van der Waals surface area (Å²) in [6.45, 7) is 10.1. The van der Waals surface area contributed by atoms with Crippen LogP contribution in [0.1, 0.15) is 46.5 Å². The van der Waals surface area contributed by atoms with Gasteiger partial charge in [-0.2, -0.15) is 0 Å². The van der Waals surface area contributed by atoms with E-state index in [0.717, 1.165) is 24.8 Å². The van der Waals surface area contributed by atoms with Crippen LogP contribution in [0.15, 0.2) is 24.3 Å². The highest BCUT2D eigenvalue weighted by Gasteiger charge is 2.55. The highest BCUT2D eigenvalue weighted by molar-refractivity contribution is 5.87. The van der Waals surface area contributed by atoms with Crippen LogP contribution in [0.2, 0.25) is 0 Å². The van der Waals surface area contributed by atoms with E-state index in [4.69, 9.17) is 0 Å². The average Bonchev–Trinajstić information content (AvgIpc) is 2.41. The number of hydrogen-bond donors (Lipinski definition) is 2. The second kappa shape index (κ2) is 5.69.